The molecule has 2 saturated carbocycles. The molecule has 0 spiro atoms. The van der Waals surface area contributed by atoms with Gasteiger partial charge in [0.25, 0.3) is 0 Å². The molecule has 8 nitrogen and oxygen atoms in total. The van der Waals surface area contributed by atoms with E-state index in [1.54, 1.807) is 0 Å². The Balaban J connectivity index is 0.000000171. The minimum atomic E-state index is -0.0665. The topological polar surface area (TPSA) is 144 Å². The fraction of sp³-hybridized carbons (Fsp3) is 0.800. The van der Waals surface area contributed by atoms with Gasteiger partial charge in [-0.15, -0.1) is 0 Å². The summed E-state index contributed by atoms with van der Waals surface area (Å²) >= 11 is 1.99. The number of aromatic nitrogens is 4. The van der Waals surface area contributed by atoms with Gasteiger partial charge in [0.15, 0.2) is 0 Å². The van der Waals surface area contributed by atoms with Crippen molar-refractivity contribution in [1.82, 2.24) is 18.7 Å². The molecule has 2 heterocycles. The highest BCUT2D eigenvalue weighted by Crippen LogP contribution is 2.43. The Hall–Kier alpha value is -1.36. The van der Waals surface area contributed by atoms with E-state index in [0.717, 1.165) is 85.1 Å². The number of nitrogens with zero attached hydrogens (tertiary/aromatic N) is 2. The summed E-state index contributed by atoms with van der Waals surface area (Å²) in [6.07, 6.45) is 8.76. The van der Waals surface area contributed by atoms with Crippen LogP contribution in [-0.4, -0.2) is 31.8 Å². The van der Waals surface area contributed by atoms with Gasteiger partial charge in [-0.2, -0.15) is 8.75 Å². The summed E-state index contributed by atoms with van der Waals surface area (Å²) in [6.45, 7) is 5.91. The minimum Gasteiger partial charge on any atom is -0.330 e. The van der Waals surface area contributed by atoms with E-state index in [1.807, 2.05) is 0 Å². The van der Waals surface area contributed by atoms with Gasteiger partial charge in [0.05, 0.1) is 0 Å². The number of hydrogen-bond acceptors (Lipinski definition) is 8. The Labute approximate surface area is 185 Å². The van der Waals surface area contributed by atoms with Crippen LogP contribution in [0.2, 0.25) is 0 Å². The molecule has 30 heavy (non-hydrogen) atoms. The van der Waals surface area contributed by atoms with Gasteiger partial charge < -0.3 is 11.5 Å². The van der Waals surface area contributed by atoms with Gasteiger partial charge in [-0.3, -0.25) is 19.6 Å². The van der Waals surface area contributed by atoms with Crippen molar-refractivity contribution in [2.24, 2.45) is 34.1 Å². The average Bonchev–Trinajstić information content (AvgIpc) is 3.48. The molecule has 0 bridgehead atoms. The molecule has 2 fully saturated rings. The molecule has 0 radical (unpaired) electrons. The van der Waals surface area contributed by atoms with Crippen LogP contribution >= 0.6 is 23.1 Å². The Morgan fingerprint density at radius 2 is 1.27 bits per heavy atom. The van der Waals surface area contributed by atoms with Crippen molar-refractivity contribution in [2.75, 3.05) is 13.1 Å². The van der Waals surface area contributed by atoms with Crippen molar-refractivity contribution in [2.45, 2.75) is 65.2 Å². The van der Waals surface area contributed by atoms with E-state index in [0.29, 0.717) is 13.1 Å². The third-order valence-corrected chi connectivity index (χ3v) is 7.98. The molecule has 10 heteroatoms. The van der Waals surface area contributed by atoms with Gasteiger partial charge >= 0.3 is 9.75 Å². The van der Waals surface area contributed by atoms with Gasteiger partial charge in [-0.25, -0.2) is 0 Å². The molecule has 2 aliphatic rings. The van der Waals surface area contributed by atoms with Crippen LogP contribution in [0, 0.1) is 22.7 Å². The van der Waals surface area contributed by atoms with Crippen LogP contribution in [0.3, 0.4) is 0 Å². The fourth-order valence-corrected chi connectivity index (χ4v) is 6.14. The van der Waals surface area contributed by atoms with Crippen molar-refractivity contribution >= 4 is 23.1 Å². The minimum absolute atomic E-state index is 0.0665. The smallest absolute Gasteiger partial charge is 0.323 e. The lowest BCUT2D eigenvalue weighted by Crippen LogP contribution is -2.30. The van der Waals surface area contributed by atoms with Crippen LogP contribution in [-0.2, 0) is 12.8 Å². The summed E-state index contributed by atoms with van der Waals surface area (Å²) in [7, 11) is 0. The molecule has 6 N–H and O–H groups in total. The number of rotatable bonds is 6. The first-order chi connectivity index (χ1) is 14.3. The molecular formula is C20H34N6O2S2. The predicted molar refractivity (Wildman–Crippen MR) is 122 cm³/mol. The molecule has 0 amide bonds. The Bertz CT molecular complexity index is 846. The molecule has 168 valence electrons. The lowest BCUT2D eigenvalue weighted by atomic mass is 9.82. The van der Waals surface area contributed by atoms with Gasteiger partial charge in [-0.05, 0) is 61.4 Å². The molecule has 2 aromatic heterocycles. The Morgan fingerprint density at radius 3 is 1.50 bits per heavy atom. The monoisotopic (exact) mass is 454 g/mol. The maximum atomic E-state index is 11.0. The summed E-state index contributed by atoms with van der Waals surface area (Å²) in [5.74, 6) is 3.12. The van der Waals surface area contributed by atoms with E-state index in [4.69, 9.17) is 11.5 Å². The van der Waals surface area contributed by atoms with E-state index in [1.165, 1.54) is 12.8 Å². The molecular weight excluding hydrogens is 420 g/mol. The highest BCUT2D eigenvalue weighted by molar-refractivity contribution is 7.03. The third kappa shape index (κ3) is 5.87. The molecule has 4 rings (SSSR count). The van der Waals surface area contributed by atoms with E-state index in [9.17, 15) is 9.59 Å². The Morgan fingerprint density at radius 1 is 0.867 bits per heavy atom. The predicted octanol–water partition coefficient (Wildman–Crippen LogP) is 2.28. The zero-order valence-electron chi connectivity index (χ0n) is 17.9. The molecule has 0 aromatic carbocycles. The summed E-state index contributed by atoms with van der Waals surface area (Å²) in [5.41, 5.74) is 12.1. The summed E-state index contributed by atoms with van der Waals surface area (Å²) in [6, 6.07) is 0. The maximum absolute atomic E-state index is 11.0. The van der Waals surface area contributed by atoms with Crippen molar-refractivity contribution in [3.05, 3.63) is 31.0 Å². The van der Waals surface area contributed by atoms with Crippen LogP contribution in [0.25, 0.3) is 0 Å². The van der Waals surface area contributed by atoms with Crippen LogP contribution in [0.4, 0.5) is 0 Å². The summed E-state index contributed by atoms with van der Waals surface area (Å²) < 4.78 is 8.23. The summed E-state index contributed by atoms with van der Waals surface area (Å²) in [5, 5.41) is 0. The van der Waals surface area contributed by atoms with Crippen molar-refractivity contribution < 1.29 is 0 Å². The van der Waals surface area contributed by atoms with E-state index >= 15 is 0 Å². The second kappa shape index (κ2) is 9.84. The number of hydrogen-bond donors (Lipinski definition) is 4. The van der Waals surface area contributed by atoms with Crippen molar-refractivity contribution in [3.63, 3.8) is 0 Å². The average molecular weight is 455 g/mol. The van der Waals surface area contributed by atoms with Crippen LogP contribution in [0.5, 0.6) is 0 Å². The normalized spacial score (nSPS) is 30.9. The van der Waals surface area contributed by atoms with Crippen molar-refractivity contribution in [1.29, 1.82) is 0 Å². The molecule has 4 atom stereocenters. The fourth-order valence-electron chi connectivity index (χ4n) is 5.21. The third-order valence-electron chi connectivity index (χ3n) is 6.82. The first-order valence-electron chi connectivity index (χ1n) is 10.8. The SMILES string of the molecule is CC1CCC(CN)(Cc2nsc(=O)[nH]2)C1.CC1CCC(CN)(Cc2nsc(=O)[nH]2)C1. The number of nitrogens with two attached hydrogens (primary N) is 2. The van der Waals surface area contributed by atoms with Crippen molar-refractivity contribution in [3.8, 4) is 0 Å². The molecule has 2 aliphatic carbocycles. The second-order valence-electron chi connectivity index (χ2n) is 9.54. The maximum Gasteiger partial charge on any atom is 0.323 e. The zero-order valence-corrected chi connectivity index (χ0v) is 19.5. The van der Waals surface area contributed by atoms with Crippen LogP contribution in [0.1, 0.15) is 64.0 Å². The summed E-state index contributed by atoms with van der Waals surface area (Å²) in [4.78, 5) is 27.4. The molecule has 0 saturated heterocycles. The standard InChI is InChI=1S/2C10H17N3OS/c2*1-7-2-3-10(4-7,6-11)5-8-12-9(14)15-13-8/h2*7H,2-6,11H2,1H3,(H,12,13,14). The quantitative estimate of drug-likeness (QED) is 0.527. The molecule has 0 aliphatic heterocycles. The second-order valence-corrected chi connectivity index (χ2v) is 11.0. The number of nitrogens with one attached hydrogen (secondary N) is 2. The van der Waals surface area contributed by atoms with Gasteiger partial charge in [-0.1, -0.05) is 26.7 Å². The highest BCUT2D eigenvalue weighted by Gasteiger charge is 2.38. The first kappa shape index (κ1) is 23.3. The van der Waals surface area contributed by atoms with E-state index in [2.05, 4.69) is 32.6 Å². The Kier molecular flexibility index (Phi) is 7.65. The first-order valence-corrected chi connectivity index (χ1v) is 12.3. The van der Waals surface area contributed by atoms with Gasteiger partial charge in [0, 0.05) is 35.9 Å². The van der Waals surface area contributed by atoms with E-state index < -0.39 is 0 Å². The lowest BCUT2D eigenvalue weighted by Gasteiger charge is -2.26. The largest absolute Gasteiger partial charge is 0.330 e. The van der Waals surface area contributed by atoms with Crippen LogP contribution in [0.15, 0.2) is 9.59 Å². The zero-order chi connectivity index (χ0) is 21.8. The highest BCUT2D eigenvalue weighted by atomic mass is 32.1. The van der Waals surface area contributed by atoms with E-state index in [-0.39, 0.29) is 20.6 Å². The lowest BCUT2D eigenvalue weighted by molar-refractivity contribution is 0.290. The van der Waals surface area contributed by atoms with Gasteiger partial charge in [0.1, 0.15) is 11.6 Å². The van der Waals surface area contributed by atoms with Gasteiger partial charge in [0.2, 0.25) is 0 Å². The number of H-pyrrole nitrogens is 2. The number of aromatic amines is 2. The molecule has 2 aromatic rings. The van der Waals surface area contributed by atoms with Crippen LogP contribution < -0.4 is 21.2 Å². The molecule has 4 unspecified atom stereocenters.